The molecule has 7 nitrogen and oxygen atoms in total. The van der Waals surface area contributed by atoms with Crippen LogP contribution in [0.25, 0.3) is 0 Å². The van der Waals surface area contributed by atoms with Crippen LogP contribution in [0.4, 0.5) is 5.69 Å². The Bertz CT molecular complexity index is 1600. The van der Waals surface area contributed by atoms with Crippen LogP contribution in [0.3, 0.4) is 0 Å². The molecule has 0 heterocycles. The van der Waals surface area contributed by atoms with Gasteiger partial charge in [0.25, 0.3) is 10.0 Å². The summed E-state index contributed by atoms with van der Waals surface area (Å²) < 4.78 is 29.2. The maximum atomic E-state index is 14.3. The van der Waals surface area contributed by atoms with Gasteiger partial charge in [-0.15, -0.1) is 0 Å². The molecule has 0 radical (unpaired) electrons. The Labute approximate surface area is 252 Å². The van der Waals surface area contributed by atoms with Crippen LogP contribution in [0.1, 0.15) is 23.6 Å². The number of anilines is 1. The Balaban J connectivity index is 1.80. The number of carbonyl (C=O) groups is 2. The number of nitrogens with one attached hydrogen (secondary N) is 1. The summed E-state index contributed by atoms with van der Waals surface area (Å²) in [6.07, 6.45) is 0.261. The van der Waals surface area contributed by atoms with E-state index in [9.17, 15) is 18.0 Å². The highest BCUT2D eigenvalue weighted by Gasteiger charge is 2.34. The van der Waals surface area contributed by atoms with E-state index in [1.807, 2.05) is 67.6 Å². The van der Waals surface area contributed by atoms with Crippen molar-refractivity contribution in [2.24, 2.45) is 0 Å². The van der Waals surface area contributed by atoms with Crippen LogP contribution in [-0.4, -0.2) is 44.3 Å². The van der Waals surface area contributed by atoms with Gasteiger partial charge in [-0.2, -0.15) is 0 Å². The Morgan fingerprint density at radius 3 is 1.98 bits per heavy atom. The van der Waals surface area contributed by atoms with E-state index in [0.29, 0.717) is 22.8 Å². The van der Waals surface area contributed by atoms with Gasteiger partial charge in [0.05, 0.1) is 10.6 Å². The van der Waals surface area contributed by atoms with Gasteiger partial charge in [-0.1, -0.05) is 90.5 Å². The summed E-state index contributed by atoms with van der Waals surface area (Å²) in [5, 5.41) is 3.31. The number of sulfonamides is 1. The Morgan fingerprint density at radius 2 is 1.40 bits per heavy atom. The molecular formula is C33H34ClN3O4S. The highest BCUT2D eigenvalue weighted by Crippen LogP contribution is 2.29. The zero-order chi connectivity index (χ0) is 30.1. The number of carbonyl (C=O) groups excluding carboxylic acids is 2. The molecule has 4 aromatic carbocycles. The maximum Gasteiger partial charge on any atom is 0.264 e. The number of likely N-dealkylation sites (N-methyl/N-ethyl adjacent to an activating group) is 1. The van der Waals surface area contributed by atoms with Crippen LogP contribution in [-0.2, 0) is 32.6 Å². The summed E-state index contributed by atoms with van der Waals surface area (Å²) in [6.45, 7) is 3.55. The topological polar surface area (TPSA) is 86.8 Å². The lowest BCUT2D eigenvalue weighted by Gasteiger charge is -2.34. The third-order valence-electron chi connectivity index (χ3n) is 6.86. The summed E-state index contributed by atoms with van der Waals surface area (Å²) in [5.74, 6) is -0.828. The summed E-state index contributed by atoms with van der Waals surface area (Å²) in [6, 6.07) is 30.7. The van der Waals surface area contributed by atoms with Gasteiger partial charge >= 0.3 is 0 Å². The second-order valence-electron chi connectivity index (χ2n) is 9.86. The van der Waals surface area contributed by atoms with E-state index in [2.05, 4.69) is 5.32 Å². The lowest BCUT2D eigenvalue weighted by molar-refractivity contribution is -0.140. The molecule has 0 spiro atoms. The van der Waals surface area contributed by atoms with E-state index in [1.54, 1.807) is 43.3 Å². The molecule has 0 aliphatic rings. The molecule has 0 unspecified atom stereocenters. The number of aryl methyl sites for hydroxylation is 1. The van der Waals surface area contributed by atoms with Crippen molar-refractivity contribution in [3.63, 3.8) is 0 Å². The van der Waals surface area contributed by atoms with Gasteiger partial charge in [-0.25, -0.2) is 8.42 Å². The van der Waals surface area contributed by atoms with E-state index < -0.39 is 28.5 Å². The van der Waals surface area contributed by atoms with Crippen LogP contribution in [0, 0.1) is 6.92 Å². The van der Waals surface area contributed by atoms with Gasteiger partial charge in [-0.3, -0.25) is 13.9 Å². The molecule has 0 aliphatic carbocycles. The molecule has 42 heavy (non-hydrogen) atoms. The standard InChI is InChI=1S/C33H34ClN3O4S/c1-3-35-33(39)31(22-26-13-7-4-8-14-26)36(23-27-15-9-5-10-16-27)32(38)24-37(30-20-19-28(34)21-25(30)2)42(40,41)29-17-11-6-12-18-29/h4-21,31H,3,22-24H2,1-2H3,(H,35,39)/t31-/m1/s1. The number of hydrogen-bond acceptors (Lipinski definition) is 4. The molecule has 4 rings (SSSR count). The molecule has 0 saturated carbocycles. The van der Waals surface area contributed by atoms with Gasteiger partial charge in [-0.05, 0) is 60.9 Å². The Kier molecular flexibility index (Phi) is 10.4. The molecule has 0 aliphatic heterocycles. The molecule has 218 valence electrons. The average Bonchev–Trinajstić information content (AvgIpc) is 2.99. The maximum absolute atomic E-state index is 14.3. The lowest BCUT2D eigenvalue weighted by atomic mass is 10.0. The summed E-state index contributed by atoms with van der Waals surface area (Å²) in [4.78, 5) is 29.4. The minimum Gasteiger partial charge on any atom is -0.355 e. The lowest BCUT2D eigenvalue weighted by Crippen LogP contribution is -2.53. The normalized spacial score (nSPS) is 11.9. The van der Waals surface area contributed by atoms with Crippen LogP contribution >= 0.6 is 11.6 Å². The molecule has 4 aromatic rings. The van der Waals surface area contributed by atoms with Crippen LogP contribution in [0.15, 0.2) is 114 Å². The molecule has 0 fully saturated rings. The fourth-order valence-corrected chi connectivity index (χ4v) is 6.48. The molecule has 0 aromatic heterocycles. The van der Waals surface area contributed by atoms with Crippen molar-refractivity contribution >= 4 is 39.1 Å². The van der Waals surface area contributed by atoms with Crippen molar-refractivity contribution in [1.29, 1.82) is 0 Å². The van der Waals surface area contributed by atoms with Crippen molar-refractivity contribution in [3.05, 3.63) is 131 Å². The van der Waals surface area contributed by atoms with Crippen molar-refractivity contribution in [3.8, 4) is 0 Å². The minimum atomic E-state index is -4.16. The van der Waals surface area contributed by atoms with Crippen molar-refractivity contribution in [2.75, 3.05) is 17.4 Å². The average molecular weight is 604 g/mol. The Morgan fingerprint density at radius 1 is 0.833 bits per heavy atom. The molecule has 2 amide bonds. The first kappa shape index (κ1) is 30.8. The molecule has 9 heteroatoms. The second kappa shape index (κ2) is 14.2. The molecule has 1 N–H and O–H groups in total. The fourth-order valence-electron chi connectivity index (χ4n) is 4.76. The molecule has 1 atom stereocenters. The van der Waals surface area contributed by atoms with E-state index in [-0.39, 0.29) is 23.8 Å². The van der Waals surface area contributed by atoms with Gasteiger partial charge in [0, 0.05) is 24.5 Å². The summed E-state index contributed by atoms with van der Waals surface area (Å²) in [5.41, 5.74) is 2.61. The number of hydrogen-bond donors (Lipinski definition) is 1. The largest absolute Gasteiger partial charge is 0.355 e. The van der Waals surface area contributed by atoms with E-state index >= 15 is 0 Å². The first-order chi connectivity index (χ1) is 20.2. The van der Waals surface area contributed by atoms with Crippen molar-refractivity contribution in [1.82, 2.24) is 10.2 Å². The van der Waals surface area contributed by atoms with Crippen LogP contribution in [0.5, 0.6) is 0 Å². The van der Waals surface area contributed by atoms with E-state index in [1.165, 1.54) is 17.0 Å². The third kappa shape index (κ3) is 7.57. The van der Waals surface area contributed by atoms with Crippen LogP contribution in [0.2, 0.25) is 5.02 Å². The van der Waals surface area contributed by atoms with Gasteiger partial charge < -0.3 is 10.2 Å². The monoisotopic (exact) mass is 603 g/mol. The second-order valence-corrected chi connectivity index (χ2v) is 12.2. The number of rotatable bonds is 12. The SMILES string of the molecule is CCNC(=O)[C@@H](Cc1ccccc1)N(Cc1ccccc1)C(=O)CN(c1ccc(Cl)cc1C)S(=O)(=O)c1ccccc1. The zero-order valence-electron chi connectivity index (χ0n) is 23.6. The highest BCUT2D eigenvalue weighted by molar-refractivity contribution is 7.92. The molecule has 0 saturated heterocycles. The molecular weight excluding hydrogens is 570 g/mol. The number of nitrogens with zero attached hydrogens (tertiary/aromatic N) is 2. The van der Waals surface area contributed by atoms with Crippen LogP contribution < -0.4 is 9.62 Å². The van der Waals surface area contributed by atoms with Gasteiger partial charge in [0.15, 0.2) is 0 Å². The molecule has 0 bridgehead atoms. The summed E-state index contributed by atoms with van der Waals surface area (Å²) in [7, 11) is -4.16. The number of amides is 2. The minimum absolute atomic E-state index is 0.0475. The van der Waals surface area contributed by atoms with Gasteiger partial charge in [0.1, 0.15) is 12.6 Å². The van der Waals surface area contributed by atoms with Crippen molar-refractivity contribution < 1.29 is 18.0 Å². The first-order valence-corrected chi connectivity index (χ1v) is 15.5. The fraction of sp³-hybridized carbons (Fsp3) is 0.212. The van der Waals surface area contributed by atoms with E-state index in [0.717, 1.165) is 15.4 Å². The first-order valence-electron chi connectivity index (χ1n) is 13.7. The number of halogens is 1. The zero-order valence-corrected chi connectivity index (χ0v) is 25.2. The quantitative estimate of drug-likeness (QED) is 0.228. The Hall–Kier alpha value is -4.14. The predicted octanol–water partition coefficient (Wildman–Crippen LogP) is 5.62. The van der Waals surface area contributed by atoms with E-state index in [4.69, 9.17) is 11.6 Å². The highest BCUT2D eigenvalue weighted by atomic mass is 35.5. The van der Waals surface area contributed by atoms with Gasteiger partial charge in [0.2, 0.25) is 11.8 Å². The van der Waals surface area contributed by atoms with Crippen molar-refractivity contribution in [2.45, 2.75) is 37.8 Å². The predicted molar refractivity (Wildman–Crippen MR) is 167 cm³/mol. The smallest absolute Gasteiger partial charge is 0.264 e. The number of benzene rings is 4. The third-order valence-corrected chi connectivity index (χ3v) is 8.86. The summed E-state index contributed by atoms with van der Waals surface area (Å²) >= 11 is 6.19.